The molecule has 0 fully saturated rings. The van der Waals surface area contributed by atoms with Crippen molar-refractivity contribution in [2.75, 3.05) is 5.32 Å². The van der Waals surface area contributed by atoms with Crippen LogP contribution >= 0.6 is 11.6 Å². The highest BCUT2D eigenvalue weighted by Crippen LogP contribution is 2.26. The van der Waals surface area contributed by atoms with Gasteiger partial charge in [0.05, 0.1) is 11.3 Å². The summed E-state index contributed by atoms with van der Waals surface area (Å²) < 4.78 is 0. The Balaban J connectivity index is 2.36. The van der Waals surface area contributed by atoms with Crippen molar-refractivity contribution in [3.63, 3.8) is 0 Å². The maximum Gasteiger partial charge on any atom is 0.255 e. The van der Waals surface area contributed by atoms with E-state index in [2.05, 4.69) is 41.4 Å². The molecule has 6 heteroatoms. The highest BCUT2D eigenvalue weighted by atomic mass is 35.5. The molecule has 0 aromatic carbocycles. The molecule has 128 valence electrons. The Morgan fingerprint density at radius 1 is 1.21 bits per heavy atom. The second-order valence-corrected chi connectivity index (χ2v) is 7.37. The molecule has 0 bridgehead atoms. The largest absolute Gasteiger partial charge is 0.355 e. The van der Waals surface area contributed by atoms with Crippen LogP contribution in [0.5, 0.6) is 0 Å². The Morgan fingerprint density at radius 2 is 1.92 bits per heavy atom. The van der Waals surface area contributed by atoms with Crippen LogP contribution in [0.1, 0.15) is 50.7 Å². The van der Waals surface area contributed by atoms with Crippen LogP contribution in [-0.4, -0.2) is 21.9 Å². The van der Waals surface area contributed by atoms with Gasteiger partial charge in [-0.3, -0.25) is 9.78 Å². The lowest BCUT2D eigenvalue weighted by Crippen LogP contribution is -2.30. The third-order valence-electron chi connectivity index (χ3n) is 3.34. The SMILES string of the molecule is CC(C)NC(=O)c1cnc(Cl)cc1Nc1ccnc(C(C)(C)C)c1. The minimum Gasteiger partial charge on any atom is -0.355 e. The highest BCUT2D eigenvalue weighted by Gasteiger charge is 2.17. The molecule has 0 unspecified atom stereocenters. The van der Waals surface area contributed by atoms with Crippen molar-refractivity contribution in [1.82, 2.24) is 15.3 Å². The fourth-order valence-corrected chi connectivity index (χ4v) is 2.29. The van der Waals surface area contributed by atoms with Gasteiger partial charge >= 0.3 is 0 Å². The van der Waals surface area contributed by atoms with E-state index in [-0.39, 0.29) is 17.4 Å². The zero-order valence-electron chi connectivity index (χ0n) is 14.6. The maximum absolute atomic E-state index is 12.4. The van der Waals surface area contributed by atoms with Crippen molar-refractivity contribution < 1.29 is 4.79 Å². The average Bonchev–Trinajstić information content (AvgIpc) is 2.46. The first-order valence-electron chi connectivity index (χ1n) is 7.87. The number of aromatic nitrogens is 2. The molecule has 0 saturated carbocycles. The summed E-state index contributed by atoms with van der Waals surface area (Å²) >= 11 is 6.00. The van der Waals surface area contributed by atoms with Crippen molar-refractivity contribution in [2.45, 2.75) is 46.1 Å². The Bertz CT molecular complexity index is 738. The van der Waals surface area contributed by atoms with Gasteiger partial charge in [-0.1, -0.05) is 32.4 Å². The third kappa shape index (κ3) is 4.68. The quantitative estimate of drug-likeness (QED) is 0.809. The summed E-state index contributed by atoms with van der Waals surface area (Å²) in [5, 5.41) is 6.44. The van der Waals surface area contributed by atoms with E-state index >= 15 is 0 Å². The van der Waals surface area contributed by atoms with E-state index in [0.717, 1.165) is 11.4 Å². The Kier molecular flexibility index (Phi) is 5.44. The molecule has 5 nitrogen and oxygen atoms in total. The van der Waals surface area contributed by atoms with Gasteiger partial charge in [0.25, 0.3) is 5.91 Å². The zero-order chi connectivity index (χ0) is 17.9. The van der Waals surface area contributed by atoms with Crippen molar-refractivity contribution in [3.8, 4) is 0 Å². The molecule has 2 aromatic rings. The molecule has 2 N–H and O–H groups in total. The fourth-order valence-electron chi connectivity index (χ4n) is 2.13. The molecule has 2 aromatic heterocycles. The number of anilines is 2. The first kappa shape index (κ1) is 18.2. The van der Waals surface area contributed by atoms with E-state index in [4.69, 9.17) is 11.6 Å². The number of nitrogens with one attached hydrogen (secondary N) is 2. The Labute approximate surface area is 147 Å². The fraction of sp³-hybridized carbons (Fsp3) is 0.389. The van der Waals surface area contributed by atoms with Gasteiger partial charge in [0.1, 0.15) is 5.15 Å². The van der Waals surface area contributed by atoms with Gasteiger partial charge < -0.3 is 10.6 Å². The van der Waals surface area contributed by atoms with Crippen molar-refractivity contribution in [1.29, 1.82) is 0 Å². The number of halogens is 1. The van der Waals surface area contributed by atoms with Crippen LogP contribution in [0.2, 0.25) is 5.15 Å². The molecule has 0 aliphatic rings. The van der Waals surface area contributed by atoms with E-state index in [1.807, 2.05) is 26.0 Å². The molecule has 0 radical (unpaired) electrons. The molecule has 1 amide bonds. The van der Waals surface area contributed by atoms with Gasteiger partial charge in [-0.25, -0.2) is 4.98 Å². The van der Waals surface area contributed by atoms with E-state index in [0.29, 0.717) is 16.4 Å². The molecular formula is C18H23ClN4O. The van der Waals surface area contributed by atoms with E-state index in [1.54, 1.807) is 12.3 Å². The summed E-state index contributed by atoms with van der Waals surface area (Å²) in [4.78, 5) is 20.8. The topological polar surface area (TPSA) is 66.9 Å². The summed E-state index contributed by atoms with van der Waals surface area (Å²) in [6.45, 7) is 10.1. The van der Waals surface area contributed by atoms with Crippen LogP contribution < -0.4 is 10.6 Å². The average molecular weight is 347 g/mol. The monoisotopic (exact) mass is 346 g/mol. The predicted molar refractivity (Wildman–Crippen MR) is 98.1 cm³/mol. The maximum atomic E-state index is 12.4. The standard InChI is InChI=1S/C18H23ClN4O/c1-11(2)22-17(24)13-10-21-16(19)9-14(13)23-12-6-7-20-15(8-12)18(3,4)5/h6-11H,1-5H3,(H,22,24)(H,20,21,23). The molecule has 0 saturated heterocycles. The third-order valence-corrected chi connectivity index (χ3v) is 3.55. The summed E-state index contributed by atoms with van der Waals surface area (Å²) in [5.74, 6) is -0.193. The van der Waals surface area contributed by atoms with Crippen LogP contribution in [0.4, 0.5) is 11.4 Å². The Hall–Kier alpha value is -2.14. The van der Waals surface area contributed by atoms with E-state index in [9.17, 15) is 4.79 Å². The molecule has 0 atom stereocenters. The normalized spacial score (nSPS) is 11.5. The summed E-state index contributed by atoms with van der Waals surface area (Å²) in [6, 6.07) is 5.51. The van der Waals surface area contributed by atoms with Gasteiger partial charge in [0.15, 0.2) is 0 Å². The number of rotatable bonds is 4. The van der Waals surface area contributed by atoms with Gasteiger partial charge in [-0.05, 0) is 32.0 Å². The van der Waals surface area contributed by atoms with Crippen LogP contribution in [-0.2, 0) is 5.41 Å². The molecule has 0 aliphatic heterocycles. The van der Waals surface area contributed by atoms with E-state index in [1.165, 1.54) is 6.20 Å². The molecule has 2 heterocycles. The summed E-state index contributed by atoms with van der Waals surface area (Å²) in [7, 11) is 0. The molecular weight excluding hydrogens is 324 g/mol. The minimum absolute atomic E-state index is 0.0365. The first-order valence-corrected chi connectivity index (χ1v) is 8.24. The summed E-state index contributed by atoms with van der Waals surface area (Å²) in [5.41, 5.74) is 2.80. The van der Waals surface area contributed by atoms with Gasteiger partial charge in [-0.15, -0.1) is 0 Å². The second kappa shape index (κ2) is 7.18. The molecule has 24 heavy (non-hydrogen) atoms. The number of carbonyl (C=O) groups is 1. The number of hydrogen-bond donors (Lipinski definition) is 2. The molecule has 2 rings (SSSR count). The number of hydrogen-bond acceptors (Lipinski definition) is 4. The minimum atomic E-state index is -0.193. The van der Waals surface area contributed by atoms with Crippen molar-refractivity contribution in [3.05, 3.63) is 47.0 Å². The smallest absolute Gasteiger partial charge is 0.255 e. The van der Waals surface area contributed by atoms with Crippen LogP contribution in [0.25, 0.3) is 0 Å². The number of nitrogens with zero attached hydrogens (tertiary/aromatic N) is 2. The van der Waals surface area contributed by atoms with Crippen LogP contribution in [0.3, 0.4) is 0 Å². The van der Waals surface area contributed by atoms with Crippen molar-refractivity contribution >= 4 is 28.9 Å². The van der Waals surface area contributed by atoms with Gasteiger partial charge in [-0.2, -0.15) is 0 Å². The molecule has 0 spiro atoms. The zero-order valence-corrected chi connectivity index (χ0v) is 15.4. The molecule has 0 aliphatic carbocycles. The van der Waals surface area contributed by atoms with E-state index < -0.39 is 0 Å². The predicted octanol–water partition coefficient (Wildman–Crippen LogP) is 4.31. The van der Waals surface area contributed by atoms with Crippen LogP contribution in [0.15, 0.2) is 30.6 Å². The number of amides is 1. The highest BCUT2D eigenvalue weighted by molar-refractivity contribution is 6.29. The Morgan fingerprint density at radius 3 is 2.54 bits per heavy atom. The lowest BCUT2D eigenvalue weighted by molar-refractivity contribution is 0.0943. The van der Waals surface area contributed by atoms with Gasteiger partial charge in [0, 0.05) is 35.2 Å². The van der Waals surface area contributed by atoms with Gasteiger partial charge in [0.2, 0.25) is 0 Å². The number of pyridine rings is 2. The van der Waals surface area contributed by atoms with Crippen LogP contribution in [0, 0.1) is 0 Å². The lowest BCUT2D eigenvalue weighted by atomic mass is 9.91. The number of carbonyl (C=O) groups excluding carboxylic acids is 1. The first-order chi connectivity index (χ1) is 11.2. The lowest BCUT2D eigenvalue weighted by Gasteiger charge is -2.19. The summed E-state index contributed by atoms with van der Waals surface area (Å²) in [6.07, 6.45) is 3.23. The second-order valence-electron chi connectivity index (χ2n) is 6.99. The van der Waals surface area contributed by atoms with Crippen molar-refractivity contribution in [2.24, 2.45) is 0 Å².